The van der Waals surface area contributed by atoms with Crippen molar-refractivity contribution in [1.82, 2.24) is 0 Å². The maximum atomic E-state index is 12.7. The minimum Gasteiger partial charge on any atom is -0.481 e. The summed E-state index contributed by atoms with van der Waals surface area (Å²) in [6.07, 6.45) is 4.40. The number of carbonyl (C=O) groups excluding carboxylic acids is 2. The number of carbonyl (C=O) groups is 3. The Bertz CT molecular complexity index is 714. The molecule has 6 atom stereocenters. The fourth-order valence-corrected chi connectivity index (χ4v) is 6.27. The third kappa shape index (κ3) is 2.04. The lowest BCUT2D eigenvalue weighted by Crippen LogP contribution is -2.72. The Balaban J connectivity index is 2.31. The molecule has 2 bridgehead atoms. The SMILES string of the molecule is C=C[C@]1(C)CCC2[C@](C)(C(=O)OC)[C@@H]3C=C(I)[C@]2(OC3=O)[C@H]1C(=O)O. The molecule has 0 aromatic rings. The molecule has 4 rings (SSSR count). The van der Waals surface area contributed by atoms with E-state index in [1.807, 2.05) is 6.92 Å². The molecule has 1 unspecified atom stereocenters. The Hall–Kier alpha value is -1.38. The largest absolute Gasteiger partial charge is 0.481 e. The van der Waals surface area contributed by atoms with E-state index in [0.717, 1.165) is 0 Å². The number of fused-ring (bicyclic) bond motifs is 1. The summed E-state index contributed by atoms with van der Waals surface area (Å²) in [7, 11) is 1.29. The van der Waals surface area contributed by atoms with E-state index in [1.54, 1.807) is 19.1 Å². The van der Waals surface area contributed by atoms with Crippen LogP contribution in [0.1, 0.15) is 26.7 Å². The second-order valence-corrected chi connectivity index (χ2v) is 8.72. The van der Waals surface area contributed by atoms with E-state index >= 15 is 0 Å². The number of halogens is 1. The van der Waals surface area contributed by atoms with E-state index in [2.05, 4.69) is 29.2 Å². The second kappa shape index (κ2) is 5.56. The van der Waals surface area contributed by atoms with Crippen molar-refractivity contribution >= 4 is 40.5 Å². The molecule has 25 heavy (non-hydrogen) atoms. The smallest absolute Gasteiger partial charge is 0.314 e. The predicted octanol–water partition coefficient (Wildman–Crippen LogP) is 2.71. The van der Waals surface area contributed by atoms with Crippen LogP contribution in [0.4, 0.5) is 0 Å². The van der Waals surface area contributed by atoms with Gasteiger partial charge in [-0.1, -0.05) is 19.1 Å². The van der Waals surface area contributed by atoms with Gasteiger partial charge in [0, 0.05) is 14.9 Å². The Labute approximate surface area is 159 Å². The minimum absolute atomic E-state index is 0.457. The molecule has 0 radical (unpaired) electrons. The van der Waals surface area contributed by atoms with Gasteiger partial charge in [-0.25, -0.2) is 0 Å². The third-order valence-electron chi connectivity index (χ3n) is 6.50. The van der Waals surface area contributed by atoms with Crippen molar-refractivity contribution in [1.29, 1.82) is 0 Å². The fraction of sp³-hybridized carbons (Fsp3) is 0.611. The molecule has 0 amide bonds. The first-order chi connectivity index (χ1) is 11.6. The van der Waals surface area contributed by atoms with E-state index < -0.39 is 52.1 Å². The van der Waals surface area contributed by atoms with E-state index in [0.29, 0.717) is 16.4 Å². The molecule has 1 saturated heterocycles. The summed E-state index contributed by atoms with van der Waals surface area (Å²) in [5, 5.41) is 10.0. The highest BCUT2D eigenvalue weighted by molar-refractivity contribution is 14.1. The zero-order valence-corrected chi connectivity index (χ0v) is 16.5. The first-order valence-corrected chi connectivity index (χ1v) is 9.23. The lowest BCUT2D eigenvalue weighted by molar-refractivity contribution is -0.237. The van der Waals surface area contributed by atoms with Crippen molar-refractivity contribution < 1.29 is 29.0 Å². The van der Waals surface area contributed by atoms with E-state index in [1.165, 1.54) is 7.11 Å². The Morgan fingerprint density at radius 2 is 2.12 bits per heavy atom. The number of hydrogen-bond acceptors (Lipinski definition) is 5. The number of hydrogen-bond donors (Lipinski definition) is 1. The molecule has 0 aromatic heterocycles. The summed E-state index contributed by atoms with van der Waals surface area (Å²) >= 11 is 2.05. The van der Waals surface area contributed by atoms with Crippen LogP contribution in [0.5, 0.6) is 0 Å². The number of carboxylic acid groups (broad SMARTS) is 1. The molecule has 136 valence electrons. The summed E-state index contributed by atoms with van der Waals surface area (Å²) in [6, 6.07) is 0. The number of esters is 2. The summed E-state index contributed by atoms with van der Waals surface area (Å²) in [5.41, 5.74) is -3.27. The molecule has 1 spiro atoms. The molecule has 1 N–H and O–H groups in total. The molecule has 6 nitrogen and oxygen atoms in total. The normalized spacial score (nSPS) is 45.0. The van der Waals surface area contributed by atoms with Gasteiger partial charge < -0.3 is 14.6 Å². The standard InChI is InChI=1S/C18H21IO6/c1-5-16(2)7-6-10-17(3,15(23)24-4)9-8-11(19)18(10,25-14(9)22)12(16)13(20)21/h5,8-10,12H,1,6-7H2,2-4H3,(H,20,21)/t9-,10?,12+,16-,17-,18+/m1/s1. The van der Waals surface area contributed by atoms with Crippen LogP contribution in [-0.4, -0.2) is 35.7 Å². The molecular weight excluding hydrogens is 439 g/mol. The van der Waals surface area contributed by atoms with Crippen LogP contribution in [0.2, 0.25) is 0 Å². The monoisotopic (exact) mass is 460 g/mol. The highest BCUT2D eigenvalue weighted by atomic mass is 127. The van der Waals surface area contributed by atoms with Crippen molar-refractivity contribution in [3.8, 4) is 0 Å². The van der Waals surface area contributed by atoms with Gasteiger partial charge in [-0.3, -0.25) is 14.4 Å². The van der Waals surface area contributed by atoms with Crippen molar-refractivity contribution in [2.75, 3.05) is 7.11 Å². The zero-order chi connectivity index (χ0) is 18.8. The number of methoxy groups -OCH3 is 1. The molecule has 2 fully saturated rings. The second-order valence-electron chi connectivity index (χ2n) is 7.55. The molecule has 2 aliphatic heterocycles. The number of aliphatic carboxylic acids is 1. The Morgan fingerprint density at radius 1 is 1.48 bits per heavy atom. The summed E-state index contributed by atoms with van der Waals surface area (Å²) in [6.45, 7) is 7.33. The average Bonchev–Trinajstić information content (AvgIpc) is 2.55. The molecular formula is C18H21IO6. The van der Waals surface area contributed by atoms with Crippen LogP contribution >= 0.6 is 22.6 Å². The van der Waals surface area contributed by atoms with Gasteiger partial charge in [-0.05, 0) is 42.4 Å². The van der Waals surface area contributed by atoms with Gasteiger partial charge in [-0.15, -0.1) is 6.58 Å². The quantitative estimate of drug-likeness (QED) is 0.396. The number of carboxylic acids is 1. The van der Waals surface area contributed by atoms with Crippen molar-refractivity contribution in [2.24, 2.45) is 28.6 Å². The molecule has 4 aliphatic rings. The van der Waals surface area contributed by atoms with Gasteiger partial charge in [-0.2, -0.15) is 0 Å². The molecule has 2 heterocycles. The van der Waals surface area contributed by atoms with Crippen LogP contribution < -0.4 is 0 Å². The maximum absolute atomic E-state index is 12.7. The van der Waals surface area contributed by atoms with Crippen LogP contribution in [-0.2, 0) is 23.9 Å². The van der Waals surface area contributed by atoms with Crippen molar-refractivity contribution in [2.45, 2.75) is 32.3 Å². The first kappa shape index (κ1) is 18.4. The Morgan fingerprint density at radius 3 is 2.64 bits per heavy atom. The van der Waals surface area contributed by atoms with E-state index in [4.69, 9.17) is 9.47 Å². The lowest BCUT2D eigenvalue weighted by atomic mass is 9.45. The number of rotatable bonds is 3. The molecule has 0 aromatic carbocycles. The van der Waals surface area contributed by atoms with Crippen LogP contribution in [0, 0.1) is 28.6 Å². The number of allylic oxidation sites excluding steroid dienone is 1. The molecule has 1 saturated carbocycles. The van der Waals surface area contributed by atoms with Crippen LogP contribution in [0.3, 0.4) is 0 Å². The first-order valence-electron chi connectivity index (χ1n) is 8.15. The molecule has 7 heteroatoms. The summed E-state index contributed by atoms with van der Waals surface area (Å²) < 4.78 is 11.5. The predicted molar refractivity (Wildman–Crippen MR) is 96.7 cm³/mol. The van der Waals surface area contributed by atoms with Gasteiger partial charge >= 0.3 is 17.9 Å². The highest BCUT2D eigenvalue weighted by Crippen LogP contribution is 2.67. The van der Waals surface area contributed by atoms with Crippen molar-refractivity contribution in [3.05, 3.63) is 22.3 Å². The van der Waals surface area contributed by atoms with Gasteiger partial charge in [0.05, 0.1) is 18.4 Å². The van der Waals surface area contributed by atoms with Gasteiger partial charge in [0.1, 0.15) is 5.92 Å². The van der Waals surface area contributed by atoms with Crippen LogP contribution in [0.25, 0.3) is 0 Å². The summed E-state index contributed by atoms with van der Waals surface area (Å²) in [5.74, 6) is -4.37. The Kier molecular flexibility index (Phi) is 4.09. The minimum atomic E-state index is -1.37. The third-order valence-corrected chi connectivity index (χ3v) is 7.70. The topological polar surface area (TPSA) is 89.9 Å². The fourth-order valence-electron chi connectivity index (χ4n) is 5.12. The van der Waals surface area contributed by atoms with Crippen LogP contribution in [0.15, 0.2) is 22.3 Å². The average molecular weight is 460 g/mol. The maximum Gasteiger partial charge on any atom is 0.314 e. The van der Waals surface area contributed by atoms with E-state index in [-0.39, 0.29) is 0 Å². The zero-order valence-electron chi connectivity index (χ0n) is 14.4. The molecule has 2 aliphatic carbocycles. The number of ether oxygens (including phenoxy) is 2. The van der Waals surface area contributed by atoms with Gasteiger partial charge in [0.25, 0.3) is 0 Å². The van der Waals surface area contributed by atoms with Gasteiger partial charge in [0.2, 0.25) is 0 Å². The van der Waals surface area contributed by atoms with E-state index in [9.17, 15) is 19.5 Å². The van der Waals surface area contributed by atoms with Gasteiger partial charge in [0.15, 0.2) is 5.60 Å². The summed E-state index contributed by atoms with van der Waals surface area (Å²) in [4.78, 5) is 37.6. The van der Waals surface area contributed by atoms with Crippen molar-refractivity contribution in [3.63, 3.8) is 0 Å². The highest BCUT2D eigenvalue weighted by Gasteiger charge is 2.75. The lowest BCUT2D eigenvalue weighted by Gasteiger charge is -2.63.